The van der Waals surface area contributed by atoms with E-state index >= 15 is 0 Å². The number of carbonyl (C=O) groups is 2. The van der Waals surface area contributed by atoms with Gasteiger partial charge >= 0.3 is 0 Å². The molecule has 2 amide bonds. The number of thioether (sulfide) groups is 1. The number of nitrogens with zero attached hydrogens (tertiary/aromatic N) is 1. The molecule has 0 aromatic heterocycles. The van der Waals surface area contributed by atoms with Crippen molar-refractivity contribution in [3.05, 3.63) is 98.9 Å². The van der Waals surface area contributed by atoms with E-state index in [0.717, 1.165) is 21.7 Å². The van der Waals surface area contributed by atoms with Crippen molar-refractivity contribution in [1.29, 1.82) is 0 Å². The lowest BCUT2D eigenvalue weighted by molar-refractivity contribution is -0.122. The quantitative estimate of drug-likeness (QED) is 0.449. The highest BCUT2D eigenvalue weighted by Crippen LogP contribution is 2.41. The molecule has 0 spiro atoms. The van der Waals surface area contributed by atoms with E-state index in [0.29, 0.717) is 27.9 Å². The molecule has 1 heterocycles. The largest absolute Gasteiger partial charge is 0.354 e. The molecule has 0 radical (unpaired) electrons. The number of nitrogens with one attached hydrogen (secondary N) is 1. The average Bonchev–Trinajstić information content (AvgIpc) is 2.78. The van der Waals surface area contributed by atoms with Crippen LogP contribution in [0.4, 0.5) is 5.69 Å². The second kappa shape index (κ2) is 10.3. The number of hydrogen-bond donors (Lipinski definition) is 1. The van der Waals surface area contributed by atoms with E-state index in [9.17, 15) is 9.59 Å². The monoisotopic (exact) mass is 482 g/mol. The summed E-state index contributed by atoms with van der Waals surface area (Å²) in [6.07, 6.45) is 2.49. The molecule has 0 saturated heterocycles. The standard InChI is InChI=1S/C25H20Cl2N2O2S/c26-19-10-8-17(9-11-19)12-13-28-24(30)16-29-21-6-1-2-7-22(21)32-23(25(29)31)15-18-4-3-5-20(27)14-18/h1-11,14-15H,12-13,16H2,(H,28,30). The van der Waals surface area contributed by atoms with Crippen LogP contribution in [0.5, 0.6) is 0 Å². The van der Waals surface area contributed by atoms with Gasteiger partial charge in [-0.3, -0.25) is 14.5 Å². The van der Waals surface area contributed by atoms with Crippen LogP contribution in [0, 0.1) is 0 Å². The van der Waals surface area contributed by atoms with Gasteiger partial charge in [0.2, 0.25) is 5.91 Å². The van der Waals surface area contributed by atoms with Crippen molar-refractivity contribution in [1.82, 2.24) is 5.32 Å². The number of benzene rings is 3. The molecule has 0 saturated carbocycles. The van der Waals surface area contributed by atoms with Gasteiger partial charge in [0.1, 0.15) is 6.54 Å². The van der Waals surface area contributed by atoms with Crippen LogP contribution < -0.4 is 10.2 Å². The van der Waals surface area contributed by atoms with E-state index in [1.165, 1.54) is 16.7 Å². The van der Waals surface area contributed by atoms with Crippen LogP contribution in [0.1, 0.15) is 11.1 Å². The van der Waals surface area contributed by atoms with Crippen molar-refractivity contribution in [3.8, 4) is 0 Å². The maximum Gasteiger partial charge on any atom is 0.265 e. The third-order valence-electron chi connectivity index (χ3n) is 4.93. The Hall–Kier alpha value is -2.73. The second-order valence-electron chi connectivity index (χ2n) is 7.25. The number of amides is 2. The highest BCUT2D eigenvalue weighted by Gasteiger charge is 2.30. The van der Waals surface area contributed by atoms with Crippen molar-refractivity contribution < 1.29 is 9.59 Å². The Balaban J connectivity index is 1.48. The molecular weight excluding hydrogens is 463 g/mol. The SMILES string of the molecule is O=C(CN1C(=O)C(=Cc2cccc(Cl)c2)Sc2ccccc21)NCCc1ccc(Cl)cc1. The number of hydrogen-bond acceptors (Lipinski definition) is 3. The van der Waals surface area contributed by atoms with Crippen molar-refractivity contribution in [2.45, 2.75) is 11.3 Å². The van der Waals surface area contributed by atoms with Gasteiger partial charge in [0, 0.05) is 21.5 Å². The number of rotatable bonds is 6. The highest BCUT2D eigenvalue weighted by molar-refractivity contribution is 8.04. The maximum atomic E-state index is 13.3. The van der Waals surface area contributed by atoms with Crippen LogP contribution in [-0.2, 0) is 16.0 Å². The number of fused-ring (bicyclic) bond motifs is 1. The molecule has 0 unspecified atom stereocenters. The first kappa shape index (κ1) is 22.5. The van der Waals surface area contributed by atoms with Gasteiger partial charge in [-0.05, 0) is 60.0 Å². The minimum absolute atomic E-state index is 0.0517. The van der Waals surface area contributed by atoms with E-state index in [1.807, 2.05) is 60.7 Å². The first-order chi connectivity index (χ1) is 15.5. The van der Waals surface area contributed by atoms with E-state index < -0.39 is 0 Å². The summed E-state index contributed by atoms with van der Waals surface area (Å²) in [6.45, 7) is 0.425. The molecule has 0 fully saturated rings. The number of halogens is 2. The predicted molar refractivity (Wildman–Crippen MR) is 132 cm³/mol. The van der Waals surface area contributed by atoms with Crippen molar-refractivity contribution in [3.63, 3.8) is 0 Å². The lowest BCUT2D eigenvalue weighted by Gasteiger charge is -2.29. The van der Waals surface area contributed by atoms with E-state index in [4.69, 9.17) is 23.2 Å². The van der Waals surface area contributed by atoms with E-state index in [1.54, 1.807) is 18.2 Å². The first-order valence-electron chi connectivity index (χ1n) is 10.1. The number of carbonyl (C=O) groups excluding carboxylic acids is 2. The van der Waals surface area contributed by atoms with Crippen LogP contribution in [-0.4, -0.2) is 24.9 Å². The molecule has 32 heavy (non-hydrogen) atoms. The van der Waals surface area contributed by atoms with Gasteiger partial charge < -0.3 is 5.32 Å². The van der Waals surface area contributed by atoms with Gasteiger partial charge in [-0.2, -0.15) is 0 Å². The molecule has 3 aromatic carbocycles. The van der Waals surface area contributed by atoms with Crippen LogP contribution in [0.25, 0.3) is 6.08 Å². The molecule has 0 atom stereocenters. The second-order valence-corrected chi connectivity index (χ2v) is 9.21. The zero-order valence-electron chi connectivity index (χ0n) is 17.1. The molecule has 1 aliphatic heterocycles. The Morgan fingerprint density at radius 2 is 1.75 bits per heavy atom. The molecule has 3 aromatic rings. The van der Waals surface area contributed by atoms with Crippen molar-refractivity contribution in [2.24, 2.45) is 0 Å². The lowest BCUT2D eigenvalue weighted by atomic mass is 10.1. The molecule has 0 bridgehead atoms. The Labute approximate surface area is 201 Å². The molecule has 0 aliphatic carbocycles. The Bertz CT molecular complexity index is 1180. The molecule has 7 heteroatoms. The van der Waals surface area contributed by atoms with Crippen LogP contribution in [0.2, 0.25) is 10.0 Å². The molecular formula is C25H20Cl2N2O2S. The zero-order valence-corrected chi connectivity index (χ0v) is 19.4. The summed E-state index contributed by atoms with van der Waals surface area (Å²) in [4.78, 5) is 28.9. The van der Waals surface area contributed by atoms with Crippen molar-refractivity contribution >= 4 is 58.5 Å². The smallest absolute Gasteiger partial charge is 0.265 e. The summed E-state index contributed by atoms with van der Waals surface area (Å²) in [6, 6.07) is 22.4. The summed E-state index contributed by atoms with van der Waals surface area (Å²) in [5, 5.41) is 4.19. The topological polar surface area (TPSA) is 49.4 Å². The molecule has 162 valence electrons. The van der Waals surface area contributed by atoms with Gasteiger partial charge in [-0.25, -0.2) is 0 Å². The summed E-state index contributed by atoms with van der Waals surface area (Å²) in [5.41, 5.74) is 2.65. The summed E-state index contributed by atoms with van der Waals surface area (Å²) >= 11 is 13.4. The van der Waals surface area contributed by atoms with Gasteiger partial charge in [-0.1, -0.05) is 71.4 Å². The van der Waals surface area contributed by atoms with E-state index in [2.05, 4.69) is 5.32 Å². The molecule has 4 nitrogen and oxygen atoms in total. The summed E-state index contributed by atoms with van der Waals surface area (Å²) < 4.78 is 0. The normalized spacial score (nSPS) is 14.4. The third kappa shape index (κ3) is 5.54. The Morgan fingerprint density at radius 3 is 2.53 bits per heavy atom. The maximum absolute atomic E-state index is 13.3. The third-order valence-corrected chi connectivity index (χ3v) is 6.49. The molecule has 1 aliphatic rings. The lowest BCUT2D eigenvalue weighted by Crippen LogP contribution is -2.43. The minimum atomic E-state index is -0.212. The minimum Gasteiger partial charge on any atom is -0.354 e. The van der Waals surface area contributed by atoms with Crippen molar-refractivity contribution in [2.75, 3.05) is 18.0 Å². The number of para-hydroxylation sites is 1. The van der Waals surface area contributed by atoms with Crippen LogP contribution in [0.3, 0.4) is 0 Å². The van der Waals surface area contributed by atoms with Gasteiger partial charge in [0.05, 0.1) is 10.6 Å². The first-order valence-corrected chi connectivity index (χ1v) is 11.6. The van der Waals surface area contributed by atoms with Gasteiger partial charge in [0.25, 0.3) is 5.91 Å². The average molecular weight is 483 g/mol. The fraction of sp³-hybridized carbons (Fsp3) is 0.120. The number of anilines is 1. The predicted octanol–water partition coefficient (Wildman–Crippen LogP) is 5.83. The summed E-state index contributed by atoms with van der Waals surface area (Å²) in [5.74, 6) is -0.419. The van der Waals surface area contributed by atoms with E-state index in [-0.39, 0.29) is 18.4 Å². The highest BCUT2D eigenvalue weighted by atomic mass is 35.5. The molecule has 4 rings (SSSR count). The fourth-order valence-corrected chi connectivity index (χ4v) is 4.75. The summed E-state index contributed by atoms with van der Waals surface area (Å²) in [7, 11) is 0. The Kier molecular flexibility index (Phi) is 7.20. The fourth-order valence-electron chi connectivity index (χ4n) is 3.36. The van der Waals surface area contributed by atoms with Gasteiger partial charge in [-0.15, -0.1) is 0 Å². The van der Waals surface area contributed by atoms with Crippen LogP contribution >= 0.6 is 35.0 Å². The molecule has 1 N–H and O–H groups in total. The Morgan fingerprint density at radius 1 is 0.969 bits per heavy atom. The zero-order chi connectivity index (χ0) is 22.5. The van der Waals surface area contributed by atoms with Crippen LogP contribution in [0.15, 0.2) is 82.6 Å². The van der Waals surface area contributed by atoms with Gasteiger partial charge in [0.15, 0.2) is 0 Å².